The van der Waals surface area contributed by atoms with Gasteiger partial charge in [-0.2, -0.15) is 0 Å². The average molecular weight is 245 g/mol. The zero-order chi connectivity index (χ0) is 13.1. The highest BCUT2D eigenvalue weighted by Crippen LogP contribution is 2.37. The highest BCUT2D eigenvalue weighted by atomic mass is 14.9. The molecule has 0 saturated heterocycles. The number of nitrogens with one attached hydrogen (secondary N) is 1. The van der Waals surface area contributed by atoms with Gasteiger partial charge < -0.3 is 5.32 Å². The van der Waals surface area contributed by atoms with E-state index in [9.17, 15) is 0 Å². The van der Waals surface area contributed by atoms with Gasteiger partial charge in [0, 0.05) is 12.1 Å². The molecule has 100 valence electrons. The maximum atomic E-state index is 3.62. The molecule has 18 heavy (non-hydrogen) atoms. The monoisotopic (exact) mass is 245 g/mol. The van der Waals surface area contributed by atoms with Gasteiger partial charge in [0.2, 0.25) is 0 Å². The molecule has 1 saturated carbocycles. The summed E-state index contributed by atoms with van der Waals surface area (Å²) in [6, 6.07) is 10.3. The molecule has 1 fully saturated rings. The van der Waals surface area contributed by atoms with Gasteiger partial charge in [-0.25, -0.2) is 0 Å². The van der Waals surface area contributed by atoms with E-state index in [1.807, 2.05) is 0 Å². The third-order valence-corrected chi connectivity index (χ3v) is 4.36. The SMILES string of the molecule is CC(C)NC(C)C(C)c1cccc(C2CCC2)c1. The first-order chi connectivity index (χ1) is 8.58. The maximum Gasteiger partial charge on any atom is 0.0107 e. The minimum atomic E-state index is 0.529. The van der Waals surface area contributed by atoms with Crippen LogP contribution in [0.1, 0.15) is 69.9 Å². The molecule has 0 radical (unpaired) electrons. The highest BCUT2D eigenvalue weighted by Gasteiger charge is 2.21. The molecule has 1 aliphatic rings. The minimum absolute atomic E-state index is 0.529. The molecule has 1 N–H and O–H groups in total. The lowest BCUT2D eigenvalue weighted by Gasteiger charge is -2.28. The van der Waals surface area contributed by atoms with Gasteiger partial charge in [-0.1, -0.05) is 51.5 Å². The summed E-state index contributed by atoms with van der Waals surface area (Å²) in [4.78, 5) is 0. The van der Waals surface area contributed by atoms with Crippen molar-refractivity contribution in [1.29, 1.82) is 0 Å². The Kier molecular flexibility index (Phi) is 4.45. The first-order valence-corrected chi connectivity index (χ1v) is 7.44. The van der Waals surface area contributed by atoms with Crippen molar-refractivity contribution in [3.05, 3.63) is 35.4 Å². The summed E-state index contributed by atoms with van der Waals surface area (Å²) in [7, 11) is 0. The Bertz CT molecular complexity index is 379. The summed E-state index contributed by atoms with van der Waals surface area (Å²) in [6.45, 7) is 9.06. The molecule has 1 nitrogen and oxygen atoms in total. The highest BCUT2D eigenvalue weighted by molar-refractivity contribution is 5.30. The Hall–Kier alpha value is -0.820. The largest absolute Gasteiger partial charge is 0.311 e. The van der Waals surface area contributed by atoms with Crippen LogP contribution in [-0.2, 0) is 0 Å². The summed E-state index contributed by atoms with van der Waals surface area (Å²) in [5.74, 6) is 1.41. The van der Waals surface area contributed by atoms with E-state index in [1.54, 1.807) is 5.56 Å². The summed E-state index contributed by atoms with van der Waals surface area (Å²) >= 11 is 0. The van der Waals surface area contributed by atoms with Gasteiger partial charge in [-0.3, -0.25) is 0 Å². The fraction of sp³-hybridized carbons (Fsp3) is 0.647. The molecular formula is C17H27N. The van der Waals surface area contributed by atoms with E-state index in [-0.39, 0.29) is 0 Å². The van der Waals surface area contributed by atoms with E-state index in [0.29, 0.717) is 18.0 Å². The van der Waals surface area contributed by atoms with Crippen molar-refractivity contribution >= 4 is 0 Å². The molecule has 2 atom stereocenters. The molecule has 2 unspecified atom stereocenters. The lowest BCUT2D eigenvalue weighted by molar-refractivity contribution is 0.417. The second kappa shape index (κ2) is 5.88. The van der Waals surface area contributed by atoms with Crippen LogP contribution in [0.5, 0.6) is 0 Å². The number of rotatable bonds is 5. The molecule has 0 amide bonds. The van der Waals surface area contributed by atoms with Gasteiger partial charge in [-0.15, -0.1) is 0 Å². The van der Waals surface area contributed by atoms with Crippen molar-refractivity contribution in [3.63, 3.8) is 0 Å². The van der Waals surface area contributed by atoms with Gasteiger partial charge >= 0.3 is 0 Å². The Morgan fingerprint density at radius 1 is 1.11 bits per heavy atom. The first kappa shape index (κ1) is 13.6. The van der Waals surface area contributed by atoms with Gasteiger partial charge in [0.25, 0.3) is 0 Å². The molecule has 2 rings (SSSR count). The Balaban J connectivity index is 2.07. The molecular weight excluding hydrogens is 218 g/mol. The van der Waals surface area contributed by atoms with Gasteiger partial charge in [0.15, 0.2) is 0 Å². The van der Waals surface area contributed by atoms with E-state index in [2.05, 4.69) is 57.3 Å². The van der Waals surface area contributed by atoms with Crippen LogP contribution in [0.25, 0.3) is 0 Å². The second-order valence-electron chi connectivity index (χ2n) is 6.20. The fourth-order valence-electron chi connectivity index (χ4n) is 2.80. The van der Waals surface area contributed by atoms with Crippen molar-refractivity contribution in [1.82, 2.24) is 5.32 Å². The van der Waals surface area contributed by atoms with Gasteiger partial charge in [0.1, 0.15) is 0 Å². The molecule has 0 bridgehead atoms. The van der Waals surface area contributed by atoms with Crippen LogP contribution in [0.4, 0.5) is 0 Å². The topological polar surface area (TPSA) is 12.0 Å². The van der Waals surface area contributed by atoms with Crippen molar-refractivity contribution in [2.45, 2.75) is 70.9 Å². The van der Waals surface area contributed by atoms with E-state index >= 15 is 0 Å². The van der Waals surface area contributed by atoms with E-state index in [4.69, 9.17) is 0 Å². The van der Waals surface area contributed by atoms with Gasteiger partial charge in [-0.05, 0) is 42.7 Å². The summed E-state index contributed by atoms with van der Waals surface area (Å²) in [6.07, 6.45) is 4.19. The lowest BCUT2D eigenvalue weighted by Crippen LogP contribution is -2.36. The number of hydrogen-bond donors (Lipinski definition) is 1. The van der Waals surface area contributed by atoms with Crippen LogP contribution in [0.15, 0.2) is 24.3 Å². The van der Waals surface area contributed by atoms with Crippen LogP contribution in [0, 0.1) is 0 Å². The smallest absolute Gasteiger partial charge is 0.0107 e. The number of hydrogen-bond acceptors (Lipinski definition) is 1. The molecule has 0 heterocycles. The fourth-order valence-corrected chi connectivity index (χ4v) is 2.80. The predicted octanol–water partition coefficient (Wildman–Crippen LogP) is 4.44. The molecule has 0 spiro atoms. The molecule has 1 aliphatic carbocycles. The third-order valence-electron chi connectivity index (χ3n) is 4.36. The molecule has 1 aromatic rings. The molecule has 0 aromatic heterocycles. The Morgan fingerprint density at radius 2 is 1.83 bits per heavy atom. The zero-order valence-corrected chi connectivity index (χ0v) is 12.2. The van der Waals surface area contributed by atoms with Crippen molar-refractivity contribution < 1.29 is 0 Å². The Morgan fingerprint density at radius 3 is 2.39 bits per heavy atom. The van der Waals surface area contributed by atoms with E-state index < -0.39 is 0 Å². The van der Waals surface area contributed by atoms with Gasteiger partial charge in [0.05, 0.1) is 0 Å². The zero-order valence-electron chi connectivity index (χ0n) is 12.2. The summed E-state index contributed by atoms with van der Waals surface area (Å²) < 4.78 is 0. The van der Waals surface area contributed by atoms with Crippen molar-refractivity contribution in [2.24, 2.45) is 0 Å². The van der Waals surface area contributed by atoms with Crippen LogP contribution < -0.4 is 5.32 Å². The van der Waals surface area contributed by atoms with Crippen LogP contribution in [-0.4, -0.2) is 12.1 Å². The van der Waals surface area contributed by atoms with Crippen LogP contribution >= 0.6 is 0 Å². The summed E-state index contributed by atoms with van der Waals surface area (Å²) in [5.41, 5.74) is 3.04. The van der Waals surface area contributed by atoms with E-state index in [1.165, 1.54) is 24.8 Å². The normalized spacial score (nSPS) is 19.6. The van der Waals surface area contributed by atoms with Crippen LogP contribution in [0.3, 0.4) is 0 Å². The molecule has 1 heteroatoms. The molecule has 0 aliphatic heterocycles. The maximum absolute atomic E-state index is 3.62. The van der Waals surface area contributed by atoms with Crippen molar-refractivity contribution in [2.75, 3.05) is 0 Å². The molecule has 1 aromatic carbocycles. The first-order valence-electron chi connectivity index (χ1n) is 7.44. The van der Waals surface area contributed by atoms with E-state index in [0.717, 1.165) is 5.92 Å². The minimum Gasteiger partial charge on any atom is -0.311 e. The quantitative estimate of drug-likeness (QED) is 0.808. The predicted molar refractivity (Wildman–Crippen MR) is 79.2 cm³/mol. The third kappa shape index (κ3) is 3.14. The standard InChI is InChI=1S/C17H27N/c1-12(2)18-14(4)13(3)16-9-6-10-17(11-16)15-7-5-8-15/h6,9-15,18H,5,7-8H2,1-4H3. The number of benzene rings is 1. The van der Waals surface area contributed by atoms with Crippen molar-refractivity contribution in [3.8, 4) is 0 Å². The Labute approximate surface area is 112 Å². The summed E-state index contributed by atoms with van der Waals surface area (Å²) in [5, 5.41) is 3.62. The average Bonchev–Trinajstić information content (AvgIpc) is 2.25. The van der Waals surface area contributed by atoms with Crippen LogP contribution in [0.2, 0.25) is 0 Å². The second-order valence-corrected chi connectivity index (χ2v) is 6.20. The lowest BCUT2D eigenvalue weighted by atomic mass is 9.79.